The molecule has 0 saturated carbocycles. The number of hydrogen-bond donors (Lipinski definition) is 2. The number of anilines is 1. The Morgan fingerprint density at radius 3 is 2.79 bits per heavy atom. The van der Waals surface area contributed by atoms with Gasteiger partial charge >= 0.3 is 6.03 Å². The van der Waals surface area contributed by atoms with Crippen LogP contribution in [0.4, 0.5) is 10.5 Å². The minimum Gasteiger partial charge on any atom is -0.472 e. The predicted octanol–water partition coefficient (Wildman–Crippen LogP) is 3.91. The van der Waals surface area contributed by atoms with Crippen LogP contribution in [0.3, 0.4) is 0 Å². The zero-order chi connectivity index (χ0) is 16.6. The van der Waals surface area contributed by atoms with E-state index < -0.39 is 0 Å². The second-order valence-corrected chi connectivity index (χ2v) is 5.21. The maximum Gasteiger partial charge on any atom is 0.319 e. The van der Waals surface area contributed by atoms with Crippen molar-refractivity contribution in [3.63, 3.8) is 0 Å². The van der Waals surface area contributed by atoms with Crippen molar-refractivity contribution >= 4 is 11.7 Å². The number of rotatable bonds is 7. The predicted molar refractivity (Wildman–Crippen MR) is 88.2 cm³/mol. The minimum absolute atomic E-state index is 0.273. The second kappa shape index (κ2) is 8.03. The lowest BCUT2D eigenvalue weighted by Crippen LogP contribution is -2.28. The SMILES string of the molecule is O=C(NCc1ccoc1)Nc1cccc(COCc2ccco2)c1. The van der Waals surface area contributed by atoms with Crippen LogP contribution in [0.15, 0.2) is 70.1 Å². The third kappa shape index (κ3) is 4.76. The van der Waals surface area contributed by atoms with Crippen LogP contribution in [0.5, 0.6) is 0 Å². The number of carbonyl (C=O) groups is 1. The van der Waals surface area contributed by atoms with Gasteiger partial charge in [-0.05, 0) is 35.9 Å². The smallest absolute Gasteiger partial charge is 0.319 e. The number of amides is 2. The quantitative estimate of drug-likeness (QED) is 0.690. The summed E-state index contributed by atoms with van der Waals surface area (Å²) in [5.74, 6) is 0.780. The van der Waals surface area contributed by atoms with Crippen molar-refractivity contribution in [2.75, 3.05) is 5.32 Å². The van der Waals surface area contributed by atoms with Gasteiger partial charge in [0.15, 0.2) is 0 Å². The fourth-order valence-corrected chi connectivity index (χ4v) is 2.15. The normalized spacial score (nSPS) is 10.5. The van der Waals surface area contributed by atoms with E-state index in [-0.39, 0.29) is 6.03 Å². The minimum atomic E-state index is -0.273. The summed E-state index contributed by atoms with van der Waals surface area (Å²) >= 11 is 0. The van der Waals surface area contributed by atoms with Crippen LogP contribution >= 0.6 is 0 Å². The number of furan rings is 2. The standard InChI is InChI=1S/C18H18N2O4/c21-18(19-10-15-6-8-22-12-15)20-16-4-1-3-14(9-16)11-23-13-17-5-2-7-24-17/h1-9,12H,10-11,13H2,(H2,19,20,21). The van der Waals surface area contributed by atoms with Crippen molar-refractivity contribution in [1.82, 2.24) is 5.32 Å². The van der Waals surface area contributed by atoms with E-state index in [1.165, 1.54) is 0 Å². The first kappa shape index (κ1) is 15.9. The molecule has 0 bridgehead atoms. The Hall–Kier alpha value is -2.99. The zero-order valence-corrected chi connectivity index (χ0v) is 13.0. The summed E-state index contributed by atoms with van der Waals surface area (Å²) in [5.41, 5.74) is 2.58. The Labute approximate surface area is 139 Å². The lowest BCUT2D eigenvalue weighted by Gasteiger charge is -2.09. The molecule has 0 radical (unpaired) electrons. The van der Waals surface area contributed by atoms with Gasteiger partial charge in [0.2, 0.25) is 0 Å². The van der Waals surface area contributed by atoms with E-state index in [0.717, 1.165) is 16.9 Å². The molecule has 3 rings (SSSR count). The average Bonchev–Trinajstić information content (AvgIpc) is 3.27. The van der Waals surface area contributed by atoms with Crippen LogP contribution in [0.2, 0.25) is 0 Å². The zero-order valence-electron chi connectivity index (χ0n) is 13.0. The molecule has 2 aromatic heterocycles. The van der Waals surface area contributed by atoms with Crippen LogP contribution in [0, 0.1) is 0 Å². The van der Waals surface area contributed by atoms with Crippen LogP contribution < -0.4 is 10.6 Å². The summed E-state index contributed by atoms with van der Waals surface area (Å²) in [7, 11) is 0. The highest BCUT2D eigenvalue weighted by molar-refractivity contribution is 5.89. The third-order valence-electron chi connectivity index (χ3n) is 3.31. The molecule has 0 aliphatic carbocycles. The van der Waals surface area contributed by atoms with Gasteiger partial charge in [-0.25, -0.2) is 4.79 Å². The summed E-state index contributed by atoms with van der Waals surface area (Å²) in [6.07, 6.45) is 4.78. The first-order valence-corrected chi connectivity index (χ1v) is 7.54. The van der Waals surface area contributed by atoms with Crippen molar-refractivity contribution in [3.8, 4) is 0 Å². The lowest BCUT2D eigenvalue weighted by atomic mass is 10.2. The molecule has 6 nitrogen and oxygen atoms in total. The molecule has 2 N–H and O–H groups in total. The molecule has 124 valence electrons. The molecule has 0 aliphatic heterocycles. The Morgan fingerprint density at radius 2 is 2.00 bits per heavy atom. The highest BCUT2D eigenvalue weighted by atomic mass is 16.5. The molecule has 6 heteroatoms. The molecule has 3 aromatic rings. The van der Waals surface area contributed by atoms with Crippen molar-refractivity contribution in [3.05, 3.63) is 78.1 Å². The topological polar surface area (TPSA) is 76.6 Å². The fourth-order valence-electron chi connectivity index (χ4n) is 2.15. The number of ether oxygens (including phenoxy) is 1. The Bertz CT molecular complexity index is 751. The van der Waals surface area contributed by atoms with Gasteiger partial charge in [-0.15, -0.1) is 0 Å². The summed E-state index contributed by atoms with van der Waals surface area (Å²) in [6.45, 7) is 1.26. The average molecular weight is 326 g/mol. The van der Waals surface area contributed by atoms with Crippen molar-refractivity contribution in [1.29, 1.82) is 0 Å². The molecule has 0 unspecified atom stereocenters. The molecule has 2 amide bonds. The lowest BCUT2D eigenvalue weighted by molar-refractivity contribution is 0.0930. The van der Waals surface area contributed by atoms with E-state index in [2.05, 4.69) is 10.6 Å². The van der Waals surface area contributed by atoms with E-state index >= 15 is 0 Å². The van der Waals surface area contributed by atoms with Gasteiger partial charge in [-0.3, -0.25) is 0 Å². The number of nitrogens with one attached hydrogen (secondary N) is 2. The summed E-state index contributed by atoms with van der Waals surface area (Å²) in [4.78, 5) is 11.9. The molecular formula is C18H18N2O4. The Morgan fingerprint density at radius 1 is 1.04 bits per heavy atom. The third-order valence-corrected chi connectivity index (χ3v) is 3.31. The molecule has 0 saturated heterocycles. The largest absolute Gasteiger partial charge is 0.472 e. The van der Waals surface area contributed by atoms with E-state index in [4.69, 9.17) is 13.6 Å². The fraction of sp³-hybridized carbons (Fsp3) is 0.167. The van der Waals surface area contributed by atoms with Gasteiger partial charge < -0.3 is 24.2 Å². The molecule has 0 fully saturated rings. The number of urea groups is 1. The van der Waals surface area contributed by atoms with Gasteiger partial charge in [0.25, 0.3) is 0 Å². The van der Waals surface area contributed by atoms with Gasteiger partial charge in [-0.2, -0.15) is 0 Å². The van der Waals surface area contributed by atoms with Gasteiger partial charge in [0.1, 0.15) is 12.4 Å². The van der Waals surface area contributed by atoms with E-state index in [1.807, 2.05) is 36.4 Å². The van der Waals surface area contributed by atoms with E-state index in [9.17, 15) is 4.79 Å². The summed E-state index contributed by atoms with van der Waals surface area (Å²) in [6, 6.07) is 12.7. The number of benzene rings is 1. The molecule has 24 heavy (non-hydrogen) atoms. The molecule has 1 aromatic carbocycles. The highest BCUT2D eigenvalue weighted by Crippen LogP contribution is 2.13. The second-order valence-electron chi connectivity index (χ2n) is 5.21. The van der Waals surface area contributed by atoms with Gasteiger partial charge in [0.05, 0.1) is 25.4 Å². The molecular weight excluding hydrogens is 308 g/mol. The molecule has 0 spiro atoms. The maximum atomic E-state index is 11.9. The van der Waals surface area contributed by atoms with Crippen LogP contribution in [-0.4, -0.2) is 6.03 Å². The van der Waals surface area contributed by atoms with Crippen LogP contribution in [0.25, 0.3) is 0 Å². The van der Waals surface area contributed by atoms with Crippen LogP contribution in [-0.2, 0) is 24.5 Å². The van der Waals surface area contributed by atoms with Crippen molar-refractivity contribution in [2.24, 2.45) is 0 Å². The molecule has 2 heterocycles. The maximum absolute atomic E-state index is 11.9. The van der Waals surface area contributed by atoms with Gasteiger partial charge in [0, 0.05) is 17.8 Å². The van der Waals surface area contributed by atoms with Crippen molar-refractivity contribution in [2.45, 2.75) is 19.8 Å². The number of hydrogen-bond acceptors (Lipinski definition) is 4. The summed E-state index contributed by atoms with van der Waals surface area (Å²) in [5, 5.41) is 5.56. The molecule has 0 aliphatic rings. The Kier molecular flexibility index (Phi) is 5.32. The Balaban J connectivity index is 1.46. The van der Waals surface area contributed by atoms with E-state index in [1.54, 1.807) is 24.9 Å². The highest BCUT2D eigenvalue weighted by Gasteiger charge is 2.04. The summed E-state index contributed by atoms with van der Waals surface area (Å²) < 4.78 is 15.7. The molecule has 0 atom stereocenters. The monoisotopic (exact) mass is 326 g/mol. The first-order chi connectivity index (χ1) is 11.8. The van der Waals surface area contributed by atoms with Crippen molar-refractivity contribution < 1.29 is 18.4 Å². The first-order valence-electron chi connectivity index (χ1n) is 7.54. The van der Waals surface area contributed by atoms with Crippen LogP contribution in [0.1, 0.15) is 16.9 Å². The van der Waals surface area contributed by atoms with E-state index in [0.29, 0.717) is 25.4 Å². The van der Waals surface area contributed by atoms with Gasteiger partial charge in [-0.1, -0.05) is 12.1 Å². The number of carbonyl (C=O) groups excluding carboxylic acids is 1.